The lowest BCUT2D eigenvalue weighted by Crippen LogP contribution is -2.19. The summed E-state index contributed by atoms with van der Waals surface area (Å²) in [5.41, 5.74) is 0.772. The fourth-order valence-corrected chi connectivity index (χ4v) is 1.75. The predicted molar refractivity (Wildman–Crippen MR) is 58.5 cm³/mol. The fourth-order valence-electron chi connectivity index (χ4n) is 1.75. The lowest BCUT2D eigenvalue weighted by Gasteiger charge is -2.15. The first-order chi connectivity index (χ1) is 7.69. The molecule has 1 aliphatic rings. The van der Waals surface area contributed by atoms with Gasteiger partial charge in [-0.05, 0) is 37.1 Å². The van der Waals surface area contributed by atoms with Crippen molar-refractivity contribution in [2.24, 2.45) is 0 Å². The lowest BCUT2D eigenvalue weighted by molar-refractivity contribution is -0.0850. The van der Waals surface area contributed by atoms with Crippen LogP contribution in [0.4, 0.5) is 0 Å². The van der Waals surface area contributed by atoms with Gasteiger partial charge in [0.25, 0.3) is 0 Å². The summed E-state index contributed by atoms with van der Waals surface area (Å²) < 4.78 is 11.0. The number of hydrogen-bond donors (Lipinski definition) is 2. The van der Waals surface area contributed by atoms with Gasteiger partial charge in [0.2, 0.25) is 0 Å². The molecule has 0 aromatic heterocycles. The molecule has 1 aromatic rings. The maximum Gasteiger partial charge on any atom is 0.200 e. The molecule has 16 heavy (non-hydrogen) atoms. The molecule has 1 aliphatic heterocycles. The summed E-state index contributed by atoms with van der Waals surface area (Å²) in [5.74, 6) is 0.937. The minimum Gasteiger partial charge on any atom is -0.508 e. The molecule has 0 radical (unpaired) electrons. The number of rotatable bonds is 3. The molecule has 1 fully saturated rings. The molecule has 0 unspecified atom stereocenters. The Balaban J connectivity index is 1.97. The zero-order valence-electron chi connectivity index (χ0n) is 9.22. The SMILES string of the molecule is Cc1cc(O[C@H]2CC[C@@H](CO)O2)ccc1O. The highest BCUT2D eigenvalue weighted by atomic mass is 16.7. The van der Waals surface area contributed by atoms with Gasteiger partial charge < -0.3 is 19.7 Å². The van der Waals surface area contributed by atoms with Gasteiger partial charge in [-0.15, -0.1) is 0 Å². The second-order valence-corrected chi connectivity index (χ2v) is 4.01. The van der Waals surface area contributed by atoms with E-state index >= 15 is 0 Å². The average molecular weight is 224 g/mol. The smallest absolute Gasteiger partial charge is 0.200 e. The number of phenolic OH excluding ortho intramolecular Hbond substituents is 1. The topological polar surface area (TPSA) is 58.9 Å². The predicted octanol–water partition coefficient (Wildman–Crippen LogP) is 1.58. The molecule has 0 aliphatic carbocycles. The van der Waals surface area contributed by atoms with E-state index in [1.807, 2.05) is 6.92 Å². The quantitative estimate of drug-likeness (QED) is 0.818. The summed E-state index contributed by atoms with van der Waals surface area (Å²) in [6, 6.07) is 5.08. The van der Waals surface area contributed by atoms with Crippen LogP contribution in [0.2, 0.25) is 0 Å². The Morgan fingerprint density at radius 2 is 2.25 bits per heavy atom. The van der Waals surface area contributed by atoms with E-state index in [-0.39, 0.29) is 24.8 Å². The summed E-state index contributed by atoms with van der Waals surface area (Å²) in [5, 5.41) is 18.3. The van der Waals surface area contributed by atoms with Crippen LogP contribution in [0.1, 0.15) is 18.4 Å². The van der Waals surface area contributed by atoms with Gasteiger partial charge in [0.15, 0.2) is 6.29 Å². The van der Waals surface area contributed by atoms with Crippen LogP contribution in [0.5, 0.6) is 11.5 Å². The standard InChI is InChI=1S/C12H16O4/c1-8-6-9(2-4-11(8)14)15-12-5-3-10(7-13)16-12/h2,4,6,10,12-14H,3,5,7H2,1H3/t10-,12+/m0/s1. The number of ether oxygens (including phenoxy) is 2. The van der Waals surface area contributed by atoms with E-state index in [9.17, 15) is 5.11 Å². The molecule has 2 rings (SSSR count). The van der Waals surface area contributed by atoms with Crippen molar-refractivity contribution in [2.75, 3.05) is 6.61 Å². The van der Waals surface area contributed by atoms with Crippen molar-refractivity contribution in [3.8, 4) is 11.5 Å². The minimum atomic E-state index is -0.291. The number of hydrogen-bond acceptors (Lipinski definition) is 4. The van der Waals surface area contributed by atoms with E-state index in [1.165, 1.54) is 0 Å². The van der Waals surface area contributed by atoms with E-state index in [0.717, 1.165) is 18.4 Å². The molecule has 0 bridgehead atoms. The van der Waals surface area contributed by atoms with Crippen LogP contribution in [0.15, 0.2) is 18.2 Å². The van der Waals surface area contributed by atoms with Gasteiger partial charge in [-0.2, -0.15) is 0 Å². The third-order valence-corrected chi connectivity index (χ3v) is 2.71. The van der Waals surface area contributed by atoms with Gasteiger partial charge in [-0.25, -0.2) is 0 Å². The Morgan fingerprint density at radius 3 is 2.88 bits per heavy atom. The summed E-state index contributed by atoms with van der Waals surface area (Å²) in [7, 11) is 0. The first-order valence-electron chi connectivity index (χ1n) is 5.41. The van der Waals surface area contributed by atoms with Gasteiger partial charge in [-0.1, -0.05) is 0 Å². The third-order valence-electron chi connectivity index (χ3n) is 2.71. The number of phenols is 1. The molecular formula is C12H16O4. The summed E-state index contributed by atoms with van der Waals surface area (Å²) in [4.78, 5) is 0. The van der Waals surface area contributed by atoms with Crippen LogP contribution >= 0.6 is 0 Å². The van der Waals surface area contributed by atoms with Crippen LogP contribution in [-0.2, 0) is 4.74 Å². The number of benzene rings is 1. The molecule has 1 heterocycles. The van der Waals surface area contributed by atoms with E-state index in [4.69, 9.17) is 14.6 Å². The Kier molecular flexibility index (Phi) is 3.31. The Labute approximate surface area is 94.4 Å². The molecule has 88 valence electrons. The third kappa shape index (κ3) is 2.46. The molecule has 2 atom stereocenters. The molecule has 4 nitrogen and oxygen atoms in total. The van der Waals surface area contributed by atoms with Gasteiger partial charge in [0, 0.05) is 6.42 Å². The Hall–Kier alpha value is -1.26. The molecule has 2 N–H and O–H groups in total. The minimum absolute atomic E-state index is 0.0362. The number of aliphatic hydroxyl groups is 1. The van der Waals surface area contributed by atoms with Gasteiger partial charge in [0.05, 0.1) is 12.7 Å². The highest BCUT2D eigenvalue weighted by Crippen LogP contribution is 2.26. The van der Waals surface area contributed by atoms with E-state index in [1.54, 1.807) is 18.2 Å². The number of aromatic hydroxyl groups is 1. The summed E-state index contributed by atoms with van der Waals surface area (Å²) in [6.07, 6.45) is 1.20. The van der Waals surface area contributed by atoms with Crippen molar-refractivity contribution in [3.63, 3.8) is 0 Å². The first-order valence-corrected chi connectivity index (χ1v) is 5.41. The van der Waals surface area contributed by atoms with Crippen LogP contribution in [0.3, 0.4) is 0 Å². The fraction of sp³-hybridized carbons (Fsp3) is 0.500. The van der Waals surface area contributed by atoms with Crippen molar-refractivity contribution in [1.82, 2.24) is 0 Å². The second kappa shape index (κ2) is 4.72. The van der Waals surface area contributed by atoms with E-state index in [2.05, 4.69) is 0 Å². The molecule has 0 saturated carbocycles. The average Bonchev–Trinajstić information content (AvgIpc) is 2.71. The van der Waals surface area contributed by atoms with Crippen LogP contribution in [0.25, 0.3) is 0 Å². The second-order valence-electron chi connectivity index (χ2n) is 4.01. The van der Waals surface area contributed by atoms with Crippen LogP contribution < -0.4 is 4.74 Å². The van der Waals surface area contributed by atoms with Crippen molar-refractivity contribution < 1.29 is 19.7 Å². The van der Waals surface area contributed by atoms with Gasteiger partial charge >= 0.3 is 0 Å². The largest absolute Gasteiger partial charge is 0.508 e. The molecular weight excluding hydrogens is 208 g/mol. The van der Waals surface area contributed by atoms with Crippen LogP contribution in [-0.4, -0.2) is 29.2 Å². The van der Waals surface area contributed by atoms with Crippen molar-refractivity contribution >= 4 is 0 Å². The lowest BCUT2D eigenvalue weighted by atomic mass is 10.2. The molecule has 1 saturated heterocycles. The molecule has 1 aromatic carbocycles. The van der Waals surface area contributed by atoms with Crippen molar-refractivity contribution in [3.05, 3.63) is 23.8 Å². The van der Waals surface area contributed by atoms with E-state index < -0.39 is 0 Å². The maximum absolute atomic E-state index is 9.36. The van der Waals surface area contributed by atoms with Crippen LogP contribution in [0, 0.1) is 6.92 Å². The molecule has 0 spiro atoms. The monoisotopic (exact) mass is 224 g/mol. The summed E-state index contributed by atoms with van der Waals surface area (Å²) >= 11 is 0. The van der Waals surface area contributed by atoms with E-state index in [0.29, 0.717) is 5.75 Å². The summed E-state index contributed by atoms with van der Waals surface area (Å²) in [6.45, 7) is 1.85. The zero-order chi connectivity index (χ0) is 11.5. The highest BCUT2D eigenvalue weighted by Gasteiger charge is 2.25. The molecule has 4 heteroatoms. The Bertz CT molecular complexity index is 364. The first kappa shape index (κ1) is 11.2. The van der Waals surface area contributed by atoms with Crippen molar-refractivity contribution in [2.45, 2.75) is 32.2 Å². The van der Waals surface area contributed by atoms with Gasteiger partial charge in [-0.3, -0.25) is 0 Å². The maximum atomic E-state index is 9.36. The van der Waals surface area contributed by atoms with Gasteiger partial charge in [0.1, 0.15) is 11.5 Å². The zero-order valence-corrected chi connectivity index (χ0v) is 9.22. The number of aliphatic hydroxyl groups excluding tert-OH is 1. The molecule has 0 amide bonds. The highest BCUT2D eigenvalue weighted by molar-refractivity contribution is 5.38. The number of aryl methyl sites for hydroxylation is 1. The van der Waals surface area contributed by atoms with Crippen molar-refractivity contribution in [1.29, 1.82) is 0 Å². The Morgan fingerprint density at radius 1 is 1.44 bits per heavy atom. The normalized spacial score (nSPS) is 24.6.